The lowest BCUT2D eigenvalue weighted by molar-refractivity contribution is -0.347. The van der Waals surface area contributed by atoms with Crippen LogP contribution in [-0.2, 0) is 28.4 Å². The fourth-order valence-corrected chi connectivity index (χ4v) is 4.61. The highest BCUT2D eigenvalue weighted by Gasteiger charge is 2.52. The Morgan fingerprint density at radius 1 is 0.629 bits per heavy atom. The van der Waals surface area contributed by atoms with Crippen LogP contribution in [0.5, 0.6) is 0 Å². The first kappa shape index (κ1) is 29.0. The summed E-state index contributed by atoms with van der Waals surface area (Å²) in [4.78, 5) is 0. The van der Waals surface area contributed by atoms with Crippen molar-refractivity contribution in [3.8, 4) is 0 Å². The predicted octanol–water partition coefficient (Wildman–Crippen LogP) is -5.74. The van der Waals surface area contributed by atoms with Crippen molar-refractivity contribution in [1.29, 1.82) is 0 Å². The summed E-state index contributed by atoms with van der Waals surface area (Å²) in [7, 11) is 1.33. The van der Waals surface area contributed by atoms with Gasteiger partial charge >= 0.3 is 0 Å². The van der Waals surface area contributed by atoms with Gasteiger partial charge in [0.15, 0.2) is 18.9 Å². The number of methoxy groups -OCH3 is 1. The van der Waals surface area contributed by atoms with Gasteiger partial charge in [0.1, 0.15) is 36.6 Å². The highest BCUT2D eigenvalue weighted by molar-refractivity contribution is 4.98. The Balaban J connectivity index is 1.72. The van der Waals surface area contributed by atoms with Crippen molar-refractivity contribution in [2.24, 2.45) is 23.1 Å². The fraction of sp³-hybridized carbons (Fsp3) is 1.00. The van der Waals surface area contributed by atoms with Crippen LogP contribution < -0.4 is 17.2 Å². The molecule has 0 aromatic rings. The fourth-order valence-electron chi connectivity index (χ4n) is 4.61. The van der Waals surface area contributed by atoms with Crippen LogP contribution in [-0.4, -0.2) is 143 Å². The van der Waals surface area contributed by atoms with Gasteiger partial charge in [-0.1, -0.05) is 6.92 Å². The summed E-state index contributed by atoms with van der Waals surface area (Å²) >= 11 is 0. The van der Waals surface area contributed by atoms with E-state index < -0.39 is 112 Å². The highest BCUT2D eigenvalue weighted by Crippen LogP contribution is 2.32. The normalized spacial score (nSPS) is 51.3. The maximum absolute atomic E-state index is 10.9. The van der Waals surface area contributed by atoms with Gasteiger partial charge in [-0.3, -0.25) is 0 Å². The van der Waals surface area contributed by atoms with E-state index in [-0.39, 0.29) is 0 Å². The Morgan fingerprint density at radius 2 is 1.00 bits per heavy atom. The van der Waals surface area contributed by atoms with Gasteiger partial charge in [-0.2, -0.15) is 0 Å². The molecule has 3 aliphatic rings. The predicted molar refractivity (Wildman–Crippen MR) is 115 cm³/mol. The molecule has 3 saturated heterocycles. The van der Waals surface area contributed by atoms with Gasteiger partial charge in [-0.15, -0.1) is 0 Å². The molecule has 0 amide bonds. The van der Waals surface area contributed by atoms with Crippen molar-refractivity contribution in [3.63, 3.8) is 0 Å². The van der Waals surface area contributed by atoms with Crippen LogP contribution in [0.3, 0.4) is 0 Å². The number of hydrogen-bond donors (Lipinski definition) is 9. The van der Waals surface area contributed by atoms with Crippen LogP contribution in [0.15, 0.2) is 0 Å². The molecule has 6 unspecified atom stereocenters. The van der Waals surface area contributed by atoms with E-state index in [4.69, 9.17) is 45.6 Å². The summed E-state index contributed by atoms with van der Waals surface area (Å²) in [6, 6.07) is -3.27. The van der Waals surface area contributed by atoms with E-state index in [0.29, 0.717) is 0 Å². The Hall–Kier alpha value is -0.600. The summed E-state index contributed by atoms with van der Waals surface area (Å²) in [5.41, 5.74) is 18.1. The van der Waals surface area contributed by atoms with Crippen LogP contribution >= 0.6 is 0 Å². The maximum Gasteiger partial charge on any atom is 0.176 e. The summed E-state index contributed by atoms with van der Waals surface area (Å²) in [6.07, 6.45) is -12.9. The molecule has 0 aromatic heterocycles. The van der Waals surface area contributed by atoms with Crippen LogP contribution in [0.25, 0.3) is 0 Å². The second-order valence-corrected chi connectivity index (χ2v) is 9.18. The average molecular weight is 514 g/mol. The van der Waals surface area contributed by atoms with E-state index in [2.05, 4.69) is 0 Å². The van der Waals surface area contributed by atoms with Gasteiger partial charge in [-0.05, 0) is 0 Å². The van der Waals surface area contributed by atoms with Crippen LogP contribution in [0.1, 0.15) is 6.92 Å². The Morgan fingerprint density at radius 3 is 1.43 bits per heavy atom. The van der Waals surface area contributed by atoms with Crippen LogP contribution in [0, 0.1) is 5.92 Å². The van der Waals surface area contributed by atoms with E-state index >= 15 is 0 Å². The topological polar surface area (TPSA) is 255 Å². The molecule has 0 aromatic carbocycles. The third-order valence-electron chi connectivity index (χ3n) is 6.94. The molecule has 3 heterocycles. The Kier molecular flexibility index (Phi) is 10.2. The molecular formula is C20H39N3O12. The van der Waals surface area contributed by atoms with Crippen molar-refractivity contribution in [2.45, 2.75) is 92.8 Å². The van der Waals surface area contributed by atoms with Gasteiger partial charge in [0.05, 0.1) is 50.2 Å². The third kappa shape index (κ3) is 5.79. The molecule has 3 fully saturated rings. The minimum Gasteiger partial charge on any atom is -0.394 e. The van der Waals surface area contributed by atoms with E-state index in [0.717, 1.165) is 0 Å². The first-order valence-corrected chi connectivity index (χ1v) is 11.5. The second kappa shape index (κ2) is 12.3. The molecule has 0 aliphatic carbocycles. The zero-order chi connectivity index (χ0) is 26.0. The smallest absolute Gasteiger partial charge is 0.176 e. The van der Waals surface area contributed by atoms with Gasteiger partial charge in [-0.25, -0.2) is 0 Å². The van der Waals surface area contributed by atoms with Crippen LogP contribution in [0.2, 0.25) is 0 Å². The van der Waals surface area contributed by atoms with Crippen molar-refractivity contribution in [2.75, 3.05) is 26.9 Å². The molecule has 206 valence electrons. The summed E-state index contributed by atoms with van der Waals surface area (Å²) in [5, 5.41) is 61.0. The summed E-state index contributed by atoms with van der Waals surface area (Å²) in [6.45, 7) is 0.102. The quantitative estimate of drug-likeness (QED) is 0.146. The van der Waals surface area contributed by atoms with E-state index in [1.165, 1.54) is 7.11 Å². The van der Waals surface area contributed by atoms with Crippen molar-refractivity contribution < 1.29 is 59.1 Å². The SMILES string of the molecule is CO[C@@H]1OC(CO)[C@H](O[C@@H]2O[C@@H](CO)[C@@H](O[C@@H]3OC(CO)[C@H](C)[C@@H](O)C3N)C(O)C2N)[C@@H](O)C1N. The minimum absolute atomic E-state index is 0.392. The molecule has 15 nitrogen and oxygen atoms in total. The zero-order valence-electron chi connectivity index (χ0n) is 19.6. The van der Waals surface area contributed by atoms with Gasteiger partial charge in [0, 0.05) is 13.0 Å². The molecule has 35 heavy (non-hydrogen) atoms. The third-order valence-corrected chi connectivity index (χ3v) is 6.94. The lowest BCUT2D eigenvalue weighted by Crippen LogP contribution is -2.69. The number of aliphatic hydroxyl groups excluding tert-OH is 6. The van der Waals surface area contributed by atoms with Gasteiger partial charge < -0.3 is 76.3 Å². The molecule has 0 spiro atoms. The number of rotatable bonds is 8. The van der Waals surface area contributed by atoms with E-state index in [9.17, 15) is 30.6 Å². The number of aliphatic hydroxyl groups is 6. The van der Waals surface area contributed by atoms with Crippen molar-refractivity contribution in [1.82, 2.24) is 0 Å². The number of nitrogens with two attached hydrogens (primary N) is 3. The Bertz CT molecular complexity index is 661. The monoisotopic (exact) mass is 513 g/mol. The lowest BCUT2D eigenvalue weighted by atomic mass is 9.89. The Labute approximate surface area is 202 Å². The molecule has 0 saturated carbocycles. The molecule has 15 heteroatoms. The molecular weight excluding hydrogens is 474 g/mol. The van der Waals surface area contributed by atoms with Gasteiger partial charge in [0.2, 0.25) is 0 Å². The lowest BCUT2D eigenvalue weighted by Gasteiger charge is -2.49. The molecule has 15 atom stereocenters. The largest absolute Gasteiger partial charge is 0.394 e. The number of ether oxygens (including phenoxy) is 6. The molecule has 3 rings (SSSR count). The minimum atomic E-state index is -1.47. The standard InChI is InChI=1S/C20H39N3O12/c1-6-7(3-24)31-19(10(21)13(6)27)34-17-9(5-26)33-20(12(23)15(17)29)35-16-8(4-25)32-18(30-2)11(22)14(16)28/h6-20,24-29H,3-5,21-23H2,1-2H3/t6-,7?,8?,9-,10?,11?,12?,13+,14-,15?,16-,17+,18+,19-,20-/m0/s1. The zero-order valence-corrected chi connectivity index (χ0v) is 19.6. The van der Waals surface area contributed by atoms with Crippen molar-refractivity contribution in [3.05, 3.63) is 0 Å². The molecule has 0 radical (unpaired) electrons. The maximum atomic E-state index is 10.9. The second-order valence-electron chi connectivity index (χ2n) is 9.18. The molecule has 0 bridgehead atoms. The summed E-state index contributed by atoms with van der Waals surface area (Å²) in [5.74, 6) is -0.469. The van der Waals surface area contributed by atoms with E-state index in [1.54, 1.807) is 6.92 Å². The van der Waals surface area contributed by atoms with Gasteiger partial charge in [0.25, 0.3) is 0 Å². The molecule has 12 N–H and O–H groups in total. The molecule has 3 aliphatic heterocycles. The number of hydrogen-bond acceptors (Lipinski definition) is 15. The first-order chi connectivity index (χ1) is 16.6. The average Bonchev–Trinajstić information content (AvgIpc) is 2.86. The first-order valence-electron chi connectivity index (χ1n) is 11.5. The van der Waals surface area contributed by atoms with Crippen molar-refractivity contribution >= 4 is 0 Å². The van der Waals surface area contributed by atoms with Crippen LogP contribution in [0.4, 0.5) is 0 Å². The summed E-state index contributed by atoms with van der Waals surface area (Å²) < 4.78 is 33.5. The van der Waals surface area contributed by atoms with E-state index in [1.807, 2.05) is 0 Å². The highest BCUT2D eigenvalue weighted by atomic mass is 16.7.